The molecule has 29 heavy (non-hydrogen) atoms. The van der Waals surface area contributed by atoms with Crippen LogP contribution in [0.25, 0.3) is 0 Å². The third-order valence-corrected chi connectivity index (χ3v) is 5.55. The number of amides is 2. The van der Waals surface area contributed by atoms with Gasteiger partial charge in [0.25, 0.3) is 0 Å². The molecule has 0 aliphatic carbocycles. The molecule has 2 amide bonds. The second-order valence-corrected chi connectivity index (χ2v) is 7.85. The molecule has 2 aromatic carbocycles. The van der Waals surface area contributed by atoms with Gasteiger partial charge in [-0.2, -0.15) is 0 Å². The third kappa shape index (κ3) is 6.44. The lowest BCUT2D eigenvalue weighted by Crippen LogP contribution is -2.50. The molecule has 0 unspecified atom stereocenters. The molecule has 7 heteroatoms. The molecule has 2 aromatic rings. The van der Waals surface area contributed by atoms with Crippen molar-refractivity contribution in [3.8, 4) is 0 Å². The van der Waals surface area contributed by atoms with Gasteiger partial charge in [0.15, 0.2) is 0 Å². The van der Waals surface area contributed by atoms with Crippen LogP contribution >= 0.6 is 23.2 Å². The lowest BCUT2D eigenvalue weighted by atomic mass is 10.1. The Labute approximate surface area is 181 Å². The van der Waals surface area contributed by atoms with E-state index in [1.807, 2.05) is 13.8 Å². The number of carbonyl (C=O) groups is 2. The van der Waals surface area contributed by atoms with E-state index in [0.717, 1.165) is 6.42 Å². The molecular weight excluding hydrogens is 414 g/mol. The molecule has 0 aliphatic rings. The van der Waals surface area contributed by atoms with Gasteiger partial charge in [-0.15, -0.1) is 0 Å². The van der Waals surface area contributed by atoms with E-state index in [4.69, 9.17) is 23.2 Å². The van der Waals surface area contributed by atoms with Crippen molar-refractivity contribution in [1.29, 1.82) is 0 Å². The summed E-state index contributed by atoms with van der Waals surface area (Å²) in [6, 6.07) is 10.4. The Kier molecular flexibility index (Phi) is 8.47. The Morgan fingerprint density at radius 2 is 1.79 bits per heavy atom. The second kappa shape index (κ2) is 10.6. The highest BCUT2D eigenvalue weighted by atomic mass is 35.5. The molecule has 2 rings (SSSR count). The zero-order chi connectivity index (χ0) is 21.6. The maximum absolute atomic E-state index is 14.2. The molecule has 0 bridgehead atoms. The van der Waals surface area contributed by atoms with Gasteiger partial charge in [0.2, 0.25) is 11.8 Å². The highest BCUT2D eigenvalue weighted by Gasteiger charge is 2.27. The van der Waals surface area contributed by atoms with Gasteiger partial charge in [0, 0.05) is 18.2 Å². The van der Waals surface area contributed by atoms with Crippen molar-refractivity contribution in [2.24, 2.45) is 0 Å². The fourth-order valence-corrected chi connectivity index (χ4v) is 3.10. The monoisotopic (exact) mass is 438 g/mol. The van der Waals surface area contributed by atoms with E-state index in [0.29, 0.717) is 21.2 Å². The van der Waals surface area contributed by atoms with Gasteiger partial charge < -0.3 is 10.2 Å². The number of nitrogens with zero attached hydrogens (tertiary/aromatic N) is 1. The number of benzene rings is 2. The summed E-state index contributed by atoms with van der Waals surface area (Å²) in [6.45, 7) is 5.48. The minimum atomic E-state index is -0.765. The van der Waals surface area contributed by atoms with Crippen LogP contribution in [0.1, 0.15) is 38.3 Å². The predicted molar refractivity (Wildman–Crippen MR) is 114 cm³/mol. The average Bonchev–Trinajstić information content (AvgIpc) is 2.69. The molecule has 156 valence electrons. The Morgan fingerprint density at radius 3 is 2.41 bits per heavy atom. The minimum absolute atomic E-state index is 0.0120. The van der Waals surface area contributed by atoms with Crippen LogP contribution in [-0.4, -0.2) is 28.8 Å². The number of halogens is 3. The van der Waals surface area contributed by atoms with E-state index in [2.05, 4.69) is 5.32 Å². The molecular formula is C22H25Cl2FN2O2. The van der Waals surface area contributed by atoms with Gasteiger partial charge in [-0.05, 0) is 44.0 Å². The van der Waals surface area contributed by atoms with Crippen LogP contribution in [0.5, 0.6) is 0 Å². The summed E-state index contributed by atoms with van der Waals surface area (Å²) in [7, 11) is 0. The smallest absolute Gasteiger partial charge is 0.242 e. The number of carbonyl (C=O) groups excluding carboxylic acids is 2. The maximum atomic E-state index is 14.2. The Hall–Kier alpha value is -2.11. The molecule has 0 saturated carbocycles. The highest BCUT2D eigenvalue weighted by molar-refractivity contribution is 6.42. The summed E-state index contributed by atoms with van der Waals surface area (Å²) >= 11 is 12.0. The van der Waals surface area contributed by atoms with Crippen LogP contribution in [-0.2, 0) is 22.6 Å². The number of rotatable bonds is 8. The maximum Gasteiger partial charge on any atom is 0.242 e. The van der Waals surface area contributed by atoms with E-state index in [9.17, 15) is 14.0 Å². The van der Waals surface area contributed by atoms with E-state index < -0.39 is 11.9 Å². The molecule has 4 nitrogen and oxygen atoms in total. The van der Waals surface area contributed by atoms with Crippen LogP contribution in [0.2, 0.25) is 10.0 Å². The van der Waals surface area contributed by atoms with Crippen molar-refractivity contribution in [2.75, 3.05) is 0 Å². The van der Waals surface area contributed by atoms with Crippen LogP contribution in [0.4, 0.5) is 4.39 Å². The number of nitrogens with one attached hydrogen (secondary N) is 1. The summed E-state index contributed by atoms with van der Waals surface area (Å²) in [5, 5.41) is 3.62. The minimum Gasteiger partial charge on any atom is -0.352 e. The van der Waals surface area contributed by atoms with Gasteiger partial charge >= 0.3 is 0 Å². The van der Waals surface area contributed by atoms with Crippen molar-refractivity contribution in [2.45, 2.75) is 52.2 Å². The standard InChI is InChI=1S/C22H25Cl2FN2O2/c1-4-14(2)26-22(29)15(3)27(13-17-7-5-6-8-20(17)25)21(28)12-16-9-10-18(23)19(24)11-16/h5-11,14-15H,4,12-13H2,1-3H3,(H,26,29)/t14-,15-/m1/s1. The Morgan fingerprint density at radius 1 is 1.10 bits per heavy atom. The largest absolute Gasteiger partial charge is 0.352 e. The first-order valence-electron chi connectivity index (χ1n) is 9.50. The van der Waals surface area contributed by atoms with Crippen LogP contribution in [0, 0.1) is 5.82 Å². The first-order valence-corrected chi connectivity index (χ1v) is 10.3. The number of hydrogen-bond acceptors (Lipinski definition) is 2. The summed E-state index contributed by atoms with van der Waals surface area (Å²) in [6.07, 6.45) is 0.787. The van der Waals surface area contributed by atoms with Crippen molar-refractivity contribution in [3.63, 3.8) is 0 Å². The lowest BCUT2D eigenvalue weighted by Gasteiger charge is -2.30. The Bertz CT molecular complexity index is 876. The van der Waals surface area contributed by atoms with Crippen LogP contribution in [0.15, 0.2) is 42.5 Å². The normalized spacial score (nSPS) is 12.9. The van der Waals surface area contributed by atoms with Crippen LogP contribution in [0.3, 0.4) is 0 Å². The molecule has 0 saturated heterocycles. The molecule has 0 fully saturated rings. The van der Waals surface area contributed by atoms with Gasteiger partial charge in [-0.25, -0.2) is 4.39 Å². The fraction of sp³-hybridized carbons (Fsp3) is 0.364. The van der Waals surface area contributed by atoms with E-state index in [1.54, 1.807) is 43.3 Å². The van der Waals surface area contributed by atoms with Crippen molar-refractivity contribution >= 4 is 35.0 Å². The van der Waals surface area contributed by atoms with Gasteiger partial charge in [0.05, 0.1) is 16.5 Å². The lowest BCUT2D eigenvalue weighted by molar-refractivity contribution is -0.140. The van der Waals surface area contributed by atoms with Gasteiger partial charge in [-0.3, -0.25) is 9.59 Å². The van der Waals surface area contributed by atoms with E-state index in [1.165, 1.54) is 11.0 Å². The molecule has 0 aromatic heterocycles. The van der Waals surface area contributed by atoms with Gasteiger partial charge in [0.1, 0.15) is 11.9 Å². The topological polar surface area (TPSA) is 49.4 Å². The molecule has 0 aliphatic heterocycles. The molecule has 2 atom stereocenters. The zero-order valence-electron chi connectivity index (χ0n) is 16.7. The van der Waals surface area contributed by atoms with Gasteiger partial charge in [-0.1, -0.05) is 54.4 Å². The zero-order valence-corrected chi connectivity index (χ0v) is 18.2. The average molecular weight is 439 g/mol. The first kappa shape index (κ1) is 23.2. The second-order valence-electron chi connectivity index (χ2n) is 7.03. The summed E-state index contributed by atoms with van der Waals surface area (Å²) < 4.78 is 14.2. The third-order valence-electron chi connectivity index (χ3n) is 4.81. The van der Waals surface area contributed by atoms with Crippen LogP contribution < -0.4 is 5.32 Å². The summed E-state index contributed by atoms with van der Waals surface area (Å²) in [5.74, 6) is -1.01. The number of hydrogen-bond donors (Lipinski definition) is 1. The van der Waals surface area contributed by atoms with Crippen molar-refractivity contribution in [3.05, 3.63) is 69.5 Å². The van der Waals surface area contributed by atoms with E-state index >= 15 is 0 Å². The first-order chi connectivity index (χ1) is 13.7. The quantitative estimate of drug-likeness (QED) is 0.629. The fourth-order valence-electron chi connectivity index (χ4n) is 2.78. The summed E-state index contributed by atoms with van der Waals surface area (Å²) in [4.78, 5) is 27.1. The SMILES string of the molecule is CC[C@@H](C)NC(=O)[C@@H](C)N(Cc1ccccc1F)C(=O)Cc1ccc(Cl)c(Cl)c1. The van der Waals surface area contributed by atoms with Crippen molar-refractivity contribution < 1.29 is 14.0 Å². The molecule has 0 spiro atoms. The molecule has 0 radical (unpaired) electrons. The Balaban J connectivity index is 2.27. The highest BCUT2D eigenvalue weighted by Crippen LogP contribution is 2.23. The molecule has 0 heterocycles. The predicted octanol–water partition coefficient (Wildman–Crippen LogP) is 5.01. The van der Waals surface area contributed by atoms with E-state index in [-0.39, 0.29) is 30.8 Å². The molecule has 1 N–H and O–H groups in total. The summed E-state index contributed by atoms with van der Waals surface area (Å²) in [5.41, 5.74) is 1.01. The van der Waals surface area contributed by atoms with Crippen molar-refractivity contribution in [1.82, 2.24) is 10.2 Å².